The van der Waals surface area contributed by atoms with Gasteiger partial charge in [0.1, 0.15) is 11.0 Å². The number of aromatic nitrogens is 4. The van der Waals surface area contributed by atoms with Gasteiger partial charge in [-0.25, -0.2) is 15.0 Å². The Balaban J connectivity index is 1.69. The number of rotatable bonds is 6. The molecule has 1 aromatic carbocycles. The molecular weight excluding hydrogens is 354 g/mol. The summed E-state index contributed by atoms with van der Waals surface area (Å²) in [6.45, 7) is 2.90. The van der Waals surface area contributed by atoms with E-state index in [-0.39, 0.29) is 6.04 Å². The van der Waals surface area contributed by atoms with Gasteiger partial charge in [-0.2, -0.15) is 4.98 Å². The van der Waals surface area contributed by atoms with E-state index < -0.39 is 6.10 Å². The van der Waals surface area contributed by atoms with Gasteiger partial charge in [-0.1, -0.05) is 31.2 Å². The number of nitrogens with one attached hydrogen (secondary N) is 2. The van der Waals surface area contributed by atoms with Gasteiger partial charge in [-0.3, -0.25) is 0 Å². The van der Waals surface area contributed by atoms with Crippen LogP contribution in [0.3, 0.4) is 0 Å². The van der Waals surface area contributed by atoms with Crippen LogP contribution in [0.25, 0.3) is 11.0 Å². The van der Waals surface area contributed by atoms with Crippen molar-refractivity contribution in [2.45, 2.75) is 31.9 Å². The van der Waals surface area contributed by atoms with Crippen LogP contribution >= 0.6 is 0 Å². The average molecular weight is 379 g/mol. The first-order valence-corrected chi connectivity index (χ1v) is 9.55. The summed E-state index contributed by atoms with van der Waals surface area (Å²) in [6.07, 6.45) is 2.80. The zero-order valence-corrected chi connectivity index (χ0v) is 16.3. The van der Waals surface area contributed by atoms with Crippen LogP contribution in [0.15, 0.2) is 30.5 Å². The zero-order valence-electron chi connectivity index (χ0n) is 16.3. The van der Waals surface area contributed by atoms with Crippen LogP contribution in [0.1, 0.15) is 30.5 Å². The van der Waals surface area contributed by atoms with Crippen LogP contribution in [0.5, 0.6) is 0 Å². The largest absolute Gasteiger partial charge is 0.390 e. The summed E-state index contributed by atoms with van der Waals surface area (Å²) in [5, 5.41) is 17.0. The Morgan fingerprint density at radius 2 is 1.96 bits per heavy atom. The highest BCUT2D eigenvalue weighted by atomic mass is 16.3. The molecule has 8 nitrogen and oxygen atoms in total. The van der Waals surface area contributed by atoms with Crippen LogP contribution in [-0.4, -0.2) is 51.8 Å². The zero-order chi connectivity index (χ0) is 19.7. The van der Waals surface area contributed by atoms with Gasteiger partial charge in [0, 0.05) is 27.1 Å². The molecule has 8 heteroatoms. The van der Waals surface area contributed by atoms with E-state index in [0.717, 1.165) is 29.9 Å². The normalized spacial score (nSPS) is 18.1. The molecule has 0 aliphatic heterocycles. The molecule has 146 valence electrons. The van der Waals surface area contributed by atoms with E-state index in [2.05, 4.69) is 37.5 Å². The van der Waals surface area contributed by atoms with Crippen LogP contribution in [0.2, 0.25) is 0 Å². The van der Waals surface area contributed by atoms with Gasteiger partial charge in [-0.15, -0.1) is 0 Å². The van der Waals surface area contributed by atoms with Gasteiger partial charge in [0.05, 0.1) is 18.3 Å². The fraction of sp³-hybridized carbons (Fsp3) is 0.400. The van der Waals surface area contributed by atoms with E-state index in [1.165, 1.54) is 0 Å². The van der Waals surface area contributed by atoms with E-state index >= 15 is 0 Å². The maximum absolute atomic E-state index is 10.5. The Kier molecular flexibility index (Phi) is 4.95. The van der Waals surface area contributed by atoms with Gasteiger partial charge in [0.2, 0.25) is 11.9 Å². The summed E-state index contributed by atoms with van der Waals surface area (Å²) >= 11 is 0. The van der Waals surface area contributed by atoms with E-state index in [1.807, 2.05) is 43.3 Å². The lowest BCUT2D eigenvalue weighted by molar-refractivity contribution is 0.165. The maximum atomic E-state index is 10.5. The second-order valence-electron chi connectivity index (χ2n) is 7.21. The highest BCUT2D eigenvalue weighted by Crippen LogP contribution is 2.33. The molecule has 2 heterocycles. The Morgan fingerprint density at radius 3 is 2.75 bits per heavy atom. The molecule has 0 unspecified atom stereocenters. The number of hydrogen-bond acceptors (Lipinski definition) is 8. The summed E-state index contributed by atoms with van der Waals surface area (Å²) in [7, 11) is 3.86. The van der Waals surface area contributed by atoms with Crippen molar-refractivity contribution in [1.29, 1.82) is 0 Å². The van der Waals surface area contributed by atoms with Crippen molar-refractivity contribution in [3.05, 3.63) is 41.6 Å². The van der Waals surface area contributed by atoms with Crippen LogP contribution in [0.4, 0.5) is 17.7 Å². The van der Waals surface area contributed by atoms with Crippen molar-refractivity contribution >= 4 is 28.7 Å². The molecule has 0 saturated heterocycles. The molecule has 4 rings (SSSR count). The van der Waals surface area contributed by atoms with Crippen molar-refractivity contribution in [2.24, 2.45) is 0 Å². The Bertz CT molecular complexity index is 991. The minimum atomic E-state index is -0.512. The fourth-order valence-electron chi connectivity index (χ4n) is 3.50. The SMILES string of the molecule is CCCNc1nc(N(C)C)c2nc(N[C@@H]3c4ccccc4C[C@H]3O)ncc2n1. The lowest BCUT2D eigenvalue weighted by atomic mass is 10.1. The molecule has 0 spiro atoms. The first-order chi connectivity index (χ1) is 13.6. The quantitative estimate of drug-likeness (QED) is 0.600. The third kappa shape index (κ3) is 3.43. The number of nitrogens with zero attached hydrogens (tertiary/aromatic N) is 5. The number of hydrogen-bond donors (Lipinski definition) is 3. The standard InChI is InChI=1S/C20H25N7O/c1-4-9-21-19-23-14-11-22-20(25-17(14)18(26-19)27(2)3)24-16-13-8-6-5-7-12(13)10-15(16)28/h5-8,11,15-16,28H,4,9-10H2,1-3H3,(H,21,23,26)(H,22,24,25)/t15-,16-/m1/s1. The van der Waals surface area contributed by atoms with Crippen LogP contribution in [-0.2, 0) is 6.42 Å². The molecule has 0 saturated carbocycles. The van der Waals surface area contributed by atoms with Crippen molar-refractivity contribution < 1.29 is 5.11 Å². The lowest BCUT2D eigenvalue weighted by Gasteiger charge is -2.19. The second-order valence-corrected chi connectivity index (χ2v) is 7.21. The van der Waals surface area contributed by atoms with E-state index in [0.29, 0.717) is 29.4 Å². The Morgan fingerprint density at radius 1 is 1.14 bits per heavy atom. The smallest absolute Gasteiger partial charge is 0.225 e. The highest BCUT2D eigenvalue weighted by molar-refractivity contribution is 5.86. The Labute approximate surface area is 164 Å². The summed E-state index contributed by atoms with van der Waals surface area (Å²) in [5.74, 6) is 1.75. The Hall–Kier alpha value is -3.00. The van der Waals surface area contributed by atoms with Gasteiger partial charge in [0.15, 0.2) is 5.82 Å². The van der Waals surface area contributed by atoms with E-state index in [1.54, 1.807) is 6.20 Å². The highest BCUT2D eigenvalue weighted by Gasteiger charge is 2.31. The minimum Gasteiger partial charge on any atom is -0.390 e. The topological polar surface area (TPSA) is 99.1 Å². The van der Waals surface area contributed by atoms with Crippen molar-refractivity contribution in [3.63, 3.8) is 0 Å². The van der Waals surface area contributed by atoms with Crippen molar-refractivity contribution in [2.75, 3.05) is 36.2 Å². The minimum absolute atomic E-state index is 0.233. The second kappa shape index (κ2) is 7.55. The number of fused-ring (bicyclic) bond motifs is 2. The molecule has 0 radical (unpaired) electrons. The van der Waals surface area contributed by atoms with Crippen LogP contribution in [0, 0.1) is 0 Å². The number of aliphatic hydroxyl groups excluding tert-OH is 1. The van der Waals surface area contributed by atoms with Gasteiger partial charge < -0.3 is 20.6 Å². The average Bonchev–Trinajstić information content (AvgIpc) is 3.01. The third-order valence-electron chi connectivity index (χ3n) is 4.86. The molecule has 1 aliphatic carbocycles. The summed E-state index contributed by atoms with van der Waals surface area (Å²) in [5.41, 5.74) is 3.58. The molecule has 28 heavy (non-hydrogen) atoms. The van der Waals surface area contributed by atoms with E-state index in [9.17, 15) is 5.11 Å². The fourth-order valence-corrected chi connectivity index (χ4v) is 3.50. The van der Waals surface area contributed by atoms with Crippen molar-refractivity contribution in [1.82, 2.24) is 19.9 Å². The number of benzene rings is 1. The molecule has 0 fully saturated rings. The molecule has 0 amide bonds. The number of aliphatic hydroxyl groups is 1. The van der Waals surface area contributed by atoms with E-state index in [4.69, 9.17) is 0 Å². The molecule has 2 aromatic heterocycles. The molecule has 1 aliphatic rings. The molecule has 2 atom stereocenters. The number of anilines is 3. The first-order valence-electron chi connectivity index (χ1n) is 9.55. The third-order valence-corrected chi connectivity index (χ3v) is 4.86. The summed E-state index contributed by atoms with van der Waals surface area (Å²) in [4.78, 5) is 20.1. The first kappa shape index (κ1) is 18.4. The predicted molar refractivity (Wildman–Crippen MR) is 111 cm³/mol. The molecule has 3 N–H and O–H groups in total. The van der Waals surface area contributed by atoms with Gasteiger partial charge in [0.25, 0.3) is 0 Å². The summed E-state index contributed by atoms with van der Waals surface area (Å²) in [6, 6.07) is 7.82. The van der Waals surface area contributed by atoms with Crippen LogP contribution < -0.4 is 15.5 Å². The summed E-state index contributed by atoms with van der Waals surface area (Å²) < 4.78 is 0. The molecule has 0 bridgehead atoms. The lowest BCUT2D eigenvalue weighted by Crippen LogP contribution is -2.22. The molecular formula is C20H25N7O. The monoisotopic (exact) mass is 379 g/mol. The maximum Gasteiger partial charge on any atom is 0.225 e. The predicted octanol–water partition coefficient (Wildman–Crippen LogP) is 2.38. The van der Waals surface area contributed by atoms with Gasteiger partial charge in [-0.05, 0) is 17.5 Å². The van der Waals surface area contributed by atoms with Crippen molar-refractivity contribution in [3.8, 4) is 0 Å². The molecule has 3 aromatic rings. The van der Waals surface area contributed by atoms with Gasteiger partial charge >= 0.3 is 0 Å².